The van der Waals surface area contributed by atoms with Crippen molar-refractivity contribution in [3.8, 4) is 5.75 Å². The highest BCUT2D eigenvalue weighted by Crippen LogP contribution is 2.16. The maximum absolute atomic E-state index is 12.1. The van der Waals surface area contributed by atoms with E-state index in [4.69, 9.17) is 15.2 Å². The highest BCUT2D eigenvalue weighted by molar-refractivity contribution is 5.92. The van der Waals surface area contributed by atoms with Gasteiger partial charge in [0.05, 0.1) is 0 Å². The maximum atomic E-state index is 12.1. The third-order valence-electron chi connectivity index (χ3n) is 4.37. The van der Waals surface area contributed by atoms with E-state index in [9.17, 15) is 14.7 Å². The molecule has 0 aliphatic carbocycles. The molecule has 1 aliphatic rings. The summed E-state index contributed by atoms with van der Waals surface area (Å²) in [6, 6.07) is 6.70. The molecule has 0 saturated carbocycles. The number of nitrogens with zero attached hydrogens (tertiary/aromatic N) is 1. The lowest BCUT2D eigenvalue weighted by molar-refractivity contribution is 0.0192. The number of carbonyl (C=O) groups is 2. The summed E-state index contributed by atoms with van der Waals surface area (Å²) in [5.41, 5.74) is 5.11. The van der Waals surface area contributed by atoms with Crippen molar-refractivity contribution < 1.29 is 24.2 Å². The third kappa shape index (κ3) is 7.36. The molecule has 8 heteroatoms. The van der Waals surface area contributed by atoms with E-state index in [-0.39, 0.29) is 18.7 Å². The number of nitrogens with two attached hydrogens (primary N) is 1. The number of nitrogens with one attached hydrogen (secondary N) is 1. The largest absolute Gasteiger partial charge is 0.491 e. The van der Waals surface area contributed by atoms with Crippen LogP contribution >= 0.6 is 0 Å². The van der Waals surface area contributed by atoms with E-state index >= 15 is 0 Å². The van der Waals surface area contributed by atoms with Gasteiger partial charge in [-0.15, -0.1) is 0 Å². The van der Waals surface area contributed by atoms with Crippen molar-refractivity contribution in [1.29, 1.82) is 0 Å². The van der Waals surface area contributed by atoms with Crippen molar-refractivity contribution in [2.45, 2.75) is 51.4 Å². The molecule has 1 aromatic carbocycles. The third-order valence-corrected chi connectivity index (χ3v) is 4.37. The van der Waals surface area contributed by atoms with Gasteiger partial charge >= 0.3 is 6.09 Å². The number of hydrogen-bond donors (Lipinski definition) is 3. The van der Waals surface area contributed by atoms with Crippen molar-refractivity contribution in [2.24, 2.45) is 5.73 Å². The van der Waals surface area contributed by atoms with Crippen LogP contribution in [0.5, 0.6) is 5.75 Å². The first kappa shape index (κ1) is 22.0. The van der Waals surface area contributed by atoms with Crippen LogP contribution in [0.1, 0.15) is 44.0 Å². The first-order chi connectivity index (χ1) is 13.1. The summed E-state index contributed by atoms with van der Waals surface area (Å²) in [4.78, 5) is 24.8. The van der Waals surface area contributed by atoms with Crippen LogP contribution in [0.25, 0.3) is 0 Å². The molecule has 1 fully saturated rings. The van der Waals surface area contributed by atoms with Crippen LogP contribution in [0.15, 0.2) is 24.3 Å². The zero-order chi connectivity index (χ0) is 20.7. The molecule has 1 aliphatic heterocycles. The Kier molecular flexibility index (Phi) is 7.65. The Morgan fingerprint density at radius 2 is 1.86 bits per heavy atom. The molecule has 1 saturated heterocycles. The van der Waals surface area contributed by atoms with Gasteiger partial charge < -0.3 is 30.5 Å². The molecule has 4 N–H and O–H groups in total. The van der Waals surface area contributed by atoms with Gasteiger partial charge in [0.1, 0.15) is 24.1 Å². The molecule has 0 bridgehead atoms. The molecule has 2 amide bonds. The van der Waals surface area contributed by atoms with E-state index in [2.05, 4.69) is 5.32 Å². The second-order valence-electron chi connectivity index (χ2n) is 8.00. The zero-order valence-electron chi connectivity index (χ0n) is 16.8. The first-order valence-corrected chi connectivity index (χ1v) is 9.56. The predicted octanol–water partition coefficient (Wildman–Crippen LogP) is 1.51. The van der Waals surface area contributed by atoms with E-state index in [1.54, 1.807) is 29.2 Å². The smallest absolute Gasteiger partial charge is 0.410 e. The number of rotatable bonds is 7. The van der Waals surface area contributed by atoms with Gasteiger partial charge in [-0.2, -0.15) is 0 Å². The fourth-order valence-electron chi connectivity index (χ4n) is 2.86. The normalized spacial score (nSPS) is 16.5. The molecular formula is C20H31N3O5. The van der Waals surface area contributed by atoms with Crippen LogP contribution < -0.4 is 15.8 Å². The number of likely N-dealkylation sites (tertiary alicyclic amines) is 1. The zero-order valence-corrected chi connectivity index (χ0v) is 16.8. The maximum Gasteiger partial charge on any atom is 0.410 e. The highest BCUT2D eigenvalue weighted by atomic mass is 16.6. The summed E-state index contributed by atoms with van der Waals surface area (Å²) in [6.07, 6.45) is 0.671. The number of hydrogen-bond acceptors (Lipinski definition) is 6. The number of aliphatic hydroxyl groups excluding tert-OH is 1. The van der Waals surface area contributed by atoms with Gasteiger partial charge in [0.25, 0.3) is 0 Å². The second-order valence-corrected chi connectivity index (χ2v) is 8.00. The topological polar surface area (TPSA) is 114 Å². The Bertz CT molecular complexity index is 649. The van der Waals surface area contributed by atoms with Crippen LogP contribution in [-0.2, 0) is 4.74 Å². The fourth-order valence-corrected chi connectivity index (χ4v) is 2.86. The van der Waals surface area contributed by atoms with Crippen LogP contribution in [0, 0.1) is 0 Å². The van der Waals surface area contributed by atoms with Crippen molar-refractivity contribution in [1.82, 2.24) is 10.2 Å². The fraction of sp³-hybridized carbons (Fsp3) is 0.600. The molecule has 1 unspecified atom stereocenters. The number of primary amides is 1. The average molecular weight is 393 g/mol. The standard InChI is InChI=1S/C20H31N3O5/c1-20(2,3)28-19(26)23-10-8-15(9-11-23)22-12-16(24)13-27-17-6-4-14(5-7-17)18(21)25/h4-7,15-16,22,24H,8-13H2,1-3H3,(H2,21,25). The molecule has 8 nitrogen and oxygen atoms in total. The van der Waals surface area contributed by atoms with Crippen molar-refractivity contribution >= 4 is 12.0 Å². The van der Waals surface area contributed by atoms with Crippen LogP contribution in [0.2, 0.25) is 0 Å². The lowest BCUT2D eigenvalue weighted by Crippen LogP contribution is -2.48. The minimum atomic E-state index is -0.667. The number of amides is 2. The summed E-state index contributed by atoms with van der Waals surface area (Å²) in [6.45, 7) is 7.37. The molecule has 0 spiro atoms. The molecule has 0 radical (unpaired) electrons. The molecule has 1 aromatic rings. The summed E-state index contributed by atoms with van der Waals surface area (Å²) < 4.78 is 10.9. The van der Waals surface area contributed by atoms with Gasteiger partial charge in [-0.1, -0.05) is 0 Å². The number of piperidine rings is 1. The lowest BCUT2D eigenvalue weighted by atomic mass is 10.1. The molecular weight excluding hydrogens is 362 g/mol. The Labute approximate surface area is 166 Å². The van der Waals surface area contributed by atoms with Gasteiger partial charge in [0.15, 0.2) is 0 Å². The van der Waals surface area contributed by atoms with Gasteiger partial charge in [-0.3, -0.25) is 4.79 Å². The number of carbonyl (C=O) groups excluding carboxylic acids is 2. The summed E-state index contributed by atoms with van der Waals surface area (Å²) >= 11 is 0. The van der Waals surface area contributed by atoms with Crippen LogP contribution in [-0.4, -0.2) is 66.0 Å². The Morgan fingerprint density at radius 1 is 1.25 bits per heavy atom. The monoisotopic (exact) mass is 393 g/mol. The number of aliphatic hydroxyl groups is 1. The highest BCUT2D eigenvalue weighted by Gasteiger charge is 2.26. The molecule has 0 aromatic heterocycles. The Morgan fingerprint density at radius 3 is 2.39 bits per heavy atom. The van der Waals surface area contributed by atoms with Crippen LogP contribution in [0.3, 0.4) is 0 Å². The Balaban J connectivity index is 1.65. The summed E-state index contributed by atoms with van der Waals surface area (Å²) in [5, 5.41) is 13.4. The minimum absolute atomic E-state index is 0.139. The van der Waals surface area contributed by atoms with E-state index < -0.39 is 17.6 Å². The second kappa shape index (κ2) is 9.75. The van der Waals surface area contributed by atoms with Crippen LogP contribution in [0.4, 0.5) is 4.79 Å². The van der Waals surface area contributed by atoms with E-state index in [0.717, 1.165) is 12.8 Å². The molecule has 2 rings (SSSR count). The van der Waals surface area contributed by atoms with Crippen molar-refractivity contribution in [3.63, 3.8) is 0 Å². The molecule has 28 heavy (non-hydrogen) atoms. The minimum Gasteiger partial charge on any atom is -0.491 e. The van der Waals surface area contributed by atoms with Gasteiger partial charge in [-0.05, 0) is 57.9 Å². The molecule has 1 heterocycles. The molecule has 1 atom stereocenters. The van der Waals surface area contributed by atoms with Crippen molar-refractivity contribution in [3.05, 3.63) is 29.8 Å². The van der Waals surface area contributed by atoms with E-state index in [1.807, 2.05) is 20.8 Å². The van der Waals surface area contributed by atoms with E-state index in [0.29, 0.717) is 30.9 Å². The Hall–Kier alpha value is -2.32. The number of ether oxygens (including phenoxy) is 2. The lowest BCUT2D eigenvalue weighted by Gasteiger charge is -2.34. The van der Waals surface area contributed by atoms with E-state index in [1.165, 1.54) is 0 Å². The number of benzene rings is 1. The molecule has 156 valence electrons. The van der Waals surface area contributed by atoms with Gasteiger partial charge in [0, 0.05) is 31.2 Å². The van der Waals surface area contributed by atoms with Gasteiger partial charge in [0.2, 0.25) is 5.91 Å². The van der Waals surface area contributed by atoms with Gasteiger partial charge in [-0.25, -0.2) is 4.79 Å². The van der Waals surface area contributed by atoms with Crippen molar-refractivity contribution in [2.75, 3.05) is 26.2 Å². The SMILES string of the molecule is CC(C)(C)OC(=O)N1CCC(NCC(O)COc2ccc(C(N)=O)cc2)CC1. The summed E-state index contributed by atoms with van der Waals surface area (Å²) in [7, 11) is 0. The quantitative estimate of drug-likeness (QED) is 0.647. The summed E-state index contributed by atoms with van der Waals surface area (Å²) in [5.74, 6) is 0.0724. The average Bonchev–Trinajstić information content (AvgIpc) is 2.64. The first-order valence-electron chi connectivity index (χ1n) is 9.56. The predicted molar refractivity (Wildman–Crippen MR) is 105 cm³/mol.